The Bertz CT molecular complexity index is 947. The van der Waals surface area contributed by atoms with Gasteiger partial charge in [-0.1, -0.05) is 37.5 Å². The molecule has 1 amide bonds. The van der Waals surface area contributed by atoms with Crippen molar-refractivity contribution in [2.45, 2.75) is 58.4 Å². The molecule has 0 bridgehead atoms. The van der Waals surface area contributed by atoms with Crippen molar-refractivity contribution in [1.29, 1.82) is 0 Å². The number of hydrazone groups is 1. The van der Waals surface area contributed by atoms with Gasteiger partial charge >= 0.3 is 0 Å². The van der Waals surface area contributed by atoms with Crippen LogP contribution in [0.1, 0.15) is 62.4 Å². The fraction of sp³-hybridized carbons (Fsp3) is 0.524. The molecule has 2 atom stereocenters. The Morgan fingerprint density at radius 3 is 2.70 bits per heavy atom. The van der Waals surface area contributed by atoms with Gasteiger partial charge in [-0.15, -0.1) is 0 Å². The van der Waals surface area contributed by atoms with Crippen molar-refractivity contribution >= 4 is 22.4 Å². The summed E-state index contributed by atoms with van der Waals surface area (Å²) in [6.45, 7) is 2.26. The number of carbonyl (C=O) groups excluding carboxylic acids is 1. The Morgan fingerprint density at radius 2 is 1.93 bits per heavy atom. The number of rotatable bonds is 3. The Morgan fingerprint density at radius 1 is 1.19 bits per heavy atom. The third kappa shape index (κ3) is 3.53. The average molecular weight is 366 g/mol. The van der Waals surface area contributed by atoms with E-state index in [0.29, 0.717) is 17.3 Å². The Kier molecular flexibility index (Phi) is 5.05. The molecule has 6 heteroatoms. The number of nitrogens with one attached hydrogen (secondary N) is 1. The van der Waals surface area contributed by atoms with E-state index in [9.17, 15) is 9.59 Å². The SMILES string of the molecule is CCn1nc(C(=O)N/N=C2/CC[C@H]3CCCC[C@@H]3C2)c2ccccc2c1=O. The highest BCUT2D eigenvalue weighted by Crippen LogP contribution is 2.39. The number of benzene rings is 1. The van der Waals surface area contributed by atoms with Crippen LogP contribution in [0.25, 0.3) is 10.8 Å². The molecule has 142 valence electrons. The maximum absolute atomic E-state index is 12.8. The van der Waals surface area contributed by atoms with E-state index >= 15 is 0 Å². The van der Waals surface area contributed by atoms with Crippen LogP contribution in [-0.2, 0) is 6.54 Å². The quantitative estimate of drug-likeness (QED) is 0.845. The van der Waals surface area contributed by atoms with Crippen LogP contribution in [0.3, 0.4) is 0 Å². The first kappa shape index (κ1) is 17.9. The lowest BCUT2D eigenvalue weighted by Gasteiger charge is -2.35. The molecule has 1 aromatic heterocycles. The van der Waals surface area contributed by atoms with E-state index in [1.54, 1.807) is 18.2 Å². The van der Waals surface area contributed by atoms with E-state index in [1.807, 2.05) is 13.0 Å². The summed E-state index contributed by atoms with van der Waals surface area (Å²) in [5, 5.41) is 9.78. The molecule has 2 fully saturated rings. The Balaban J connectivity index is 1.57. The van der Waals surface area contributed by atoms with Gasteiger partial charge in [0, 0.05) is 17.6 Å². The lowest BCUT2D eigenvalue weighted by molar-refractivity contribution is 0.0948. The zero-order chi connectivity index (χ0) is 18.8. The fourth-order valence-electron chi connectivity index (χ4n) is 4.59. The summed E-state index contributed by atoms with van der Waals surface area (Å²) in [7, 11) is 0. The van der Waals surface area contributed by atoms with Gasteiger partial charge in [0.15, 0.2) is 5.69 Å². The van der Waals surface area contributed by atoms with E-state index in [4.69, 9.17) is 0 Å². The van der Waals surface area contributed by atoms with Gasteiger partial charge in [-0.2, -0.15) is 10.2 Å². The van der Waals surface area contributed by atoms with Gasteiger partial charge in [0.2, 0.25) is 0 Å². The predicted octanol–water partition coefficient (Wildman–Crippen LogP) is 3.49. The number of hydrogen-bond acceptors (Lipinski definition) is 4. The van der Waals surface area contributed by atoms with Gasteiger partial charge in [0.1, 0.15) is 0 Å². The summed E-state index contributed by atoms with van der Waals surface area (Å²) in [6.07, 6.45) is 8.44. The molecule has 1 N–H and O–H groups in total. The molecule has 1 heterocycles. The molecule has 2 aliphatic carbocycles. The molecule has 2 aromatic rings. The van der Waals surface area contributed by atoms with Crippen molar-refractivity contribution in [3.8, 4) is 0 Å². The van der Waals surface area contributed by atoms with Crippen LogP contribution in [0.4, 0.5) is 0 Å². The van der Waals surface area contributed by atoms with Crippen LogP contribution in [0, 0.1) is 11.8 Å². The minimum Gasteiger partial charge on any atom is -0.267 e. The maximum Gasteiger partial charge on any atom is 0.292 e. The lowest BCUT2D eigenvalue weighted by atomic mass is 9.70. The summed E-state index contributed by atoms with van der Waals surface area (Å²) in [5.41, 5.74) is 3.86. The number of amides is 1. The normalized spacial score (nSPS) is 24.0. The van der Waals surface area contributed by atoms with Gasteiger partial charge in [-0.05, 0) is 50.5 Å². The van der Waals surface area contributed by atoms with Crippen LogP contribution >= 0.6 is 0 Å². The molecular weight excluding hydrogens is 340 g/mol. The number of carbonyl (C=O) groups is 1. The second-order valence-corrected chi connectivity index (χ2v) is 7.68. The first-order valence-corrected chi connectivity index (χ1v) is 10.0. The first-order chi connectivity index (χ1) is 13.2. The van der Waals surface area contributed by atoms with E-state index in [0.717, 1.165) is 30.4 Å². The van der Waals surface area contributed by atoms with E-state index in [1.165, 1.54) is 36.8 Å². The smallest absolute Gasteiger partial charge is 0.267 e. The second kappa shape index (κ2) is 7.62. The van der Waals surface area contributed by atoms with E-state index in [2.05, 4.69) is 15.6 Å². The molecule has 4 rings (SSSR count). The summed E-state index contributed by atoms with van der Waals surface area (Å²) in [4.78, 5) is 25.2. The molecule has 0 radical (unpaired) electrons. The molecule has 1 aromatic carbocycles. The maximum atomic E-state index is 12.8. The molecule has 0 saturated heterocycles. The highest BCUT2D eigenvalue weighted by atomic mass is 16.2. The summed E-state index contributed by atoms with van der Waals surface area (Å²) in [5.74, 6) is 1.21. The van der Waals surface area contributed by atoms with Crippen molar-refractivity contribution in [2.75, 3.05) is 0 Å². The van der Waals surface area contributed by atoms with Crippen molar-refractivity contribution in [1.82, 2.24) is 15.2 Å². The topological polar surface area (TPSA) is 76.3 Å². The number of fused-ring (bicyclic) bond motifs is 2. The number of aromatic nitrogens is 2. The standard InChI is InChI=1S/C21H26N4O2/c1-2-25-21(27)18-10-6-5-9-17(18)19(24-25)20(26)23-22-16-12-11-14-7-3-4-8-15(14)13-16/h5-6,9-10,14-15H,2-4,7-8,11-13H2,1H3,(H,23,26)/b22-16-/t14-,15-/m1/s1. The van der Waals surface area contributed by atoms with Gasteiger partial charge in [-0.25, -0.2) is 10.1 Å². The monoisotopic (exact) mass is 366 g/mol. The van der Waals surface area contributed by atoms with E-state index < -0.39 is 0 Å². The average Bonchev–Trinajstić information content (AvgIpc) is 2.72. The Hall–Kier alpha value is -2.50. The highest BCUT2D eigenvalue weighted by Gasteiger charge is 2.30. The third-order valence-corrected chi connectivity index (χ3v) is 6.07. The van der Waals surface area contributed by atoms with Crippen LogP contribution in [-0.4, -0.2) is 21.4 Å². The summed E-state index contributed by atoms with van der Waals surface area (Å²) < 4.78 is 1.33. The van der Waals surface area contributed by atoms with Crippen LogP contribution in [0.2, 0.25) is 0 Å². The van der Waals surface area contributed by atoms with Crippen LogP contribution in [0.15, 0.2) is 34.2 Å². The summed E-state index contributed by atoms with van der Waals surface area (Å²) >= 11 is 0. The predicted molar refractivity (Wildman–Crippen MR) is 106 cm³/mol. The molecule has 6 nitrogen and oxygen atoms in total. The molecule has 0 aliphatic heterocycles. The van der Waals surface area contributed by atoms with Gasteiger partial charge < -0.3 is 0 Å². The second-order valence-electron chi connectivity index (χ2n) is 7.68. The van der Waals surface area contributed by atoms with Crippen molar-refractivity contribution in [3.63, 3.8) is 0 Å². The zero-order valence-corrected chi connectivity index (χ0v) is 15.8. The zero-order valence-electron chi connectivity index (χ0n) is 15.8. The number of aryl methyl sites for hydroxylation is 1. The largest absolute Gasteiger partial charge is 0.292 e. The lowest BCUT2D eigenvalue weighted by Crippen LogP contribution is -2.31. The molecule has 2 saturated carbocycles. The van der Waals surface area contributed by atoms with E-state index in [-0.39, 0.29) is 17.2 Å². The highest BCUT2D eigenvalue weighted by molar-refractivity contribution is 6.05. The number of hydrogen-bond donors (Lipinski definition) is 1. The molecular formula is C21H26N4O2. The first-order valence-electron chi connectivity index (χ1n) is 10.0. The van der Waals surface area contributed by atoms with Gasteiger partial charge in [0.05, 0.1) is 5.39 Å². The molecule has 27 heavy (non-hydrogen) atoms. The number of nitrogens with zero attached hydrogens (tertiary/aromatic N) is 3. The van der Waals surface area contributed by atoms with Gasteiger partial charge in [0.25, 0.3) is 11.5 Å². The van der Waals surface area contributed by atoms with Crippen LogP contribution < -0.4 is 11.0 Å². The fourth-order valence-corrected chi connectivity index (χ4v) is 4.59. The minimum absolute atomic E-state index is 0.174. The Labute approximate surface area is 158 Å². The molecule has 0 spiro atoms. The van der Waals surface area contributed by atoms with Crippen LogP contribution in [0.5, 0.6) is 0 Å². The summed E-state index contributed by atoms with van der Waals surface area (Å²) in [6, 6.07) is 7.11. The minimum atomic E-state index is -0.355. The van der Waals surface area contributed by atoms with Crippen molar-refractivity contribution < 1.29 is 4.79 Å². The third-order valence-electron chi connectivity index (χ3n) is 6.07. The molecule has 0 unspecified atom stereocenters. The van der Waals surface area contributed by atoms with Crippen molar-refractivity contribution in [3.05, 3.63) is 40.3 Å². The molecule has 2 aliphatic rings. The van der Waals surface area contributed by atoms with Gasteiger partial charge in [-0.3, -0.25) is 9.59 Å². The van der Waals surface area contributed by atoms with Crippen molar-refractivity contribution in [2.24, 2.45) is 16.9 Å².